The fraction of sp³-hybridized carbons (Fsp3) is 0.162. The van der Waals surface area contributed by atoms with Crippen molar-refractivity contribution in [2.24, 2.45) is 10.9 Å². The van der Waals surface area contributed by atoms with Gasteiger partial charge in [-0.15, -0.1) is 0 Å². The third-order valence-electron chi connectivity index (χ3n) is 8.59. The van der Waals surface area contributed by atoms with Gasteiger partial charge >= 0.3 is 0 Å². The van der Waals surface area contributed by atoms with Crippen molar-refractivity contribution in [1.29, 1.82) is 0 Å². The van der Waals surface area contributed by atoms with Gasteiger partial charge in [-0.25, -0.2) is 0 Å². The summed E-state index contributed by atoms with van der Waals surface area (Å²) in [7, 11) is 0. The number of allylic oxidation sites excluding steroid dienone is 2. The number of nitro benzene ring substituents is 1. The lowest BCUT2D eigenvalue weighted by Gasteiger charge is -2.37. The molecular weight excluding hydrogens is 534 g/mol. The van der Waals surface area contributed by atoms with Gasteiger partial charge in [-0.05, 0) is 83.1 Å². The first-order valence-electron chi connectivity index (χ1n) is 14.6. The molecule has 6 nitrogen and oxygen atoms in total. The first kappa shape index (κ1) is 26.7. The molecule has 5 aromatic rings. The maximum atomic E-state index is 11.0. The molecule has 0 bridgehead atoms. The average molecular weight is 566 g/mol. The van der Waals surface area contributed by atoms with Gasteiger partial charge in [0.2, 0.25) is 0 Å². The molecule has 3 atom stereocenters. The summed E-state index contributed by atoms with van der Waals surface area (Å²) in [6, 6.07) is 34.1. The van der Waals surface area contributed by atoms with Crippen LogP contribution in [-0.4, -0.2) is 11.1 Å². The van der Waals surface area contributed by atoms with E-state index in [1.54, 1.807) is 12.1 Å². The summed E-state index contributed by atoms with van der Waals surface area (Å²) in [4.78, 5) is 15.5. The summed E-state index contributed by atoms with van der Waals surface area (Å²) < 4.78 is 6.22. The highest BCUT2D eigenvalue weighted by atomic mass is 16.6. The van der Waals surface area contributed by atoms with E-state index in [-0.39, 0.29) is 11.7 Å². The van der Waals surface area contributed by atoms with Crippen molar-refractivity contribution in [3.8, 4) is 5.75 Å². The maximum absolute atomic E-state index is 11.0. The Bertz CT molecular complexity index is 1880. The number of nitrogens with one attached hydrogen (secondary N) is 1. The molecule has 6 heteroatoms. The second-order valence-corrected chi connectivity index (χ2v) is 11.3. The van der Waals surface area contributed by atoms with Crippen molar-refractivity contribution >= 4 is 34.0 Å². The molecule has 43 heavy (non-hydrogen) atoms. The molecule has 1 aliphatic heterocycles. The van der Waals surface area contributed by atoms with Gasteiger partial charge in [-0.2, -0.15) is 0 Å². The van der Waals surface area contributed by atoms with Crippen molar-refractivity contribution in [3.63, 3.8) is 0 Å². The van der Waals surface area contributed by atoms with Crippen molar-refractivity contribution < 1.29 is 9.66 Å². The number of hydrogen-bond acceptors (Lipinski definition) is 5. The first-order chi connectivity index (χ1) is 21.0. The molecule has 5 aromatic carbocycles. The minimum absolute atomic E-state index is 0.0622. The monoisotopic (exact) mass is 565 g/mol. The zero-order valence-electron chi connectivity index (χ0n) is 23.8. The minimum Gasteiger partial charge on any atom is -0.488 e. The number of aliphatic imine (C=N–C) groups is 1. The largest absolute Gasteiger partial charge is 0.488 e. The number of nitrogens with zero attached hydrogens (tertiary/aromatic N) is 2. The average Bonchev–Trinajstić information content (AvgIpc) is 3.54. The normalized spacial score (nSPS) is 18.8. The zero-order valence-corrected chi connectivity index (χ0v) is 23.8. The predicted octanol–water partition coefficient (Wildman–Crippen LogP) is 9.21. The van der Waals surface area contributed by atoms with E-state index in [4.69, 9.17) is 9.73 Å². The molecule has 0 radical (unpaired) electrons. The quantitative estimate of drug-likeness (QED) is 0.0924. The molecule has 0 saturated heterocycles. The highest BCUT2D eigenvalue weighted by molar-refractivity contribution is 6.03. The molecule has 7 rings (SSSR count). The van der Waals surface area contributed by atoms with E-state index in [0.717, 1.165) is 34.0 Å². The molecule has 0 aromatic heterocycles. The first-order valence-corrected chi connectivity index (χ1v) is 14.6. The molecule has 2 aliphatic rings. The van der Waals surface area contributed by atoms with Crippen LogP contribution < -0.4 is 10.1 Å². The third kappa shape index (κ3) is 5.28. The second-order valence-electron chi connectivity index (χ2n) is 11.3. The van der Waals surface area contributed by atoms with Crippen molar-refractivity contribution in [2.45, 2.75) is 31.9 Å². The lowest BCUT2D eigenvalue weighted by atomic mass is 9.76. The van der Waals surface area contributed by atoms with Gasteiger partial charge in [0.25, 0.3) is 5.69 Å². The van der Waals surface area contributed by atoms with Gasteiger partial charge in [0.1, 0.15) is 12.4 Å². The van der Waals surface area contributed by atoms with E-state index in [2.05, 4.69) is 79.0 Å². The summed E-state index contributed by atoms with van der Waals surface area (Å²) in [5.74, 6) is 1.64. The smallest absolute Gasteiger partial charge is 0.269 e. The number of rotatable bonds is 7. The topological polar surface area (TPSA) is 76.8 Å². The Morgan fingerprint density at radius 3 is 2.60 bits per heavy atom. The summed E-state index contributed by atoms with van der Waals surface area (Å²) in [6.45, 7) is 2.45. The number of non-ortho nitro benzene ring substituents is 1. The number of nitro groups is 1. The Labute approximate surface area is 250 Å². The van der Waals surface area contributed by atoms with E-state index in [0.29, 0.717) is 24.2 Å². The molecule has 1 heterocycles. The van der Waals surface area contributed by atoms with E-state index < -0.39 is 4.92 Å². The second kappa shape index (κ2) is 11.2. The fourth-order valence-corrected chi connectivity index (χ4v) is 6.36. The number of anilines is 1. The van der Waals surface area contributed by atoms with Crippen LogP contribution in [0.1, 0.15) is 46.2 Å². The van der Waals surface area contributed by atoms with Crippen LogP contribution in [0.4, 0.5) is 17.1 Å². The molecule has 1 N–H and O–H groups in total. The molecule has 0 unspecified atom stereocenters. The molecule has 1 aliphatic carbocycles. The number of fused-ring (bicyclic) bond motifs is 4. The molecule has 0 spiro atoms. The minimum atomic E-state index is -0.400. The van der Waals surface area contributed by atoms with Crippen LogP contribution in [0.15, 0.2) is 120 Å². The zero-order chi connectivity index (χ0) is 29.3. The lowest BCUT2D eigenvalue weighted by Crippen LogP contribution is -2.29. The van der Waals surface area contributed by atoms with Crippen LogP contribution in [0.2, 0.25) is 0 Å². The number of ether oxygens (including phenoxy) is 1. The SMILES string of the molecule is Cc1ccc2c(c1)[C@@H]1C=CC[C@@H]1[C@@H](c1ccc(N=Cc3c(OCc4ccc([N+](=O)[O-])cc4)ccc4ccccc34)cc1)N2. The van der Waals surface area contributed by atoms with Gasteiger partial charge in [0.05, 0.1) is 16.7 Å². The Morgan fingerprint density at radius 2 is 1.79 bits per heavy atom. The molecule has 0 saturated carbocycles. The summed E-state index contributed by atoms with van der Waals surface area (Å²) in [5, 5.41) is 17.0. The fourth-order valence-electron chi connectivity index (χ4n) is 6.36. The number of aryl methyl sites for hydroxylation is 1. The predicted molar refractivity (Wildman–Crippen MR) is 173 cm³/mol. The summed E-state index contributed by atoms with van der Waals surface area (Å²) >= 11 is 0. The van der Waals surface area contributed by atoms with Crippen LogP contribution >= 0.6 is 0 Å². The highest BCUT2D eigenvalue weighted by Crippen LogP contribution is 2.50. The van der Waals surface area contributed by atoms with E-state index in [9.17, 15) is 10.1 Å². The van der Waals surface area contributed by atoms with Gasteiger partial charge in [-0.3, -0.25) is 15.1 Å². The van der Waals surface area contributed by atoms with Crippen LogP contribution in [0, 0.1) is 23.0 Å². The molecular formula is C37H31N3O3. The number of benzene rings is 5. The van der Waals surface area contributed by atoms with Crippen LogP contribution in [-0.2, 0) is 6.61 Å². The summed E-state index contributed by atoms with van der Waals surface area (Å²) in [6.07, 6.45) is 7.64. The molecule has 0 fully saturated rings. The van der Waals surface area contributed by atoms with Crippen molar-refractivity contribution in [1.82, 2.24) is 0 Å². The standard InChI is InChI=1S/C37H31N3O3/c1-24-9-19-35-33(21-24)31-7-4-8-32(31)37(39-35)27-12-15-28(16-13-27)38-22-34-30-6-3-2-5-26(30)14-20-36(34)43-23-25-10-17-29(18-11-25)40(41)42/h2-7,9-22,31-32,37,39H,8,23H2,1H3/t31-,32+,37-/m1/s1. The Balaban J connectivity index is 1.13. The van der Waals surface area contributed by atoms with Gasteiger partial charge in [0.15, 0.2) is 0 Å². The number of hydrogen-bond donors (Lipinski definition) is 1. The van der Waals surface area contributed by atoms with Crippen LogP contribution in [0.5, 0.6) is 5.75 Å². The molecule has 212 valence electrons. The summed E-state index contributed by atoms with van der Waals surface area (Å²) in [5.41, 5.74) is 7.86. The Hall–Kier alpha value is -5.23. The van der Waals surface area contributed by atoms with Gasteiger partial charge in [0, 0.05) is 35.5 Å². The van der Waals surface area contributed by atoms with Gasteiger partial charge < -0.3 is 10.1 Å². The third-order valence-corrected chi connectivity index (χ3v) is 8.59. The van der Waals surface area contributed by atoms with Crippen molar-refractivity contribution in [2.75, 3.05) is 5.32 Å². The van der Waals surface area contributed by atoms with Gasteiger partial charge in [-0.1, -0.05) is 72.3 Å². The van der Waals surface area contributed by atoms with E-state index in [1.165, 1.54) is 34.5 Å². The Morgan fingerprint density at radius 1 is 0.977 bits per heavy atom. The Kier molecular flexibility index (Phi) is 6.95. The molecule has 0 amide bonds. The van der Waals surface area contributed by atoms with Crippen molar-refractivity contribution in [3.05, 3.63) is 153 Å². The van der Waals surface area contributed by atoms with E-state index in [1.807, 2.05) is 30.5 Å². The lowest BCUT2D eigenvalue weighted by molar-refractivity contribution is -0.384. The highest BCUT2D eigenvalue weighted by Gasteiger charge is 2.37. The van der Waals surface area contributed by atoms with Crippen LogP contribution in [0.25, 0.3) is 10.8 Å². The maximum Gasteiger partial charge on any atom is 0.269 e. The van der Waals surface area contributed by atoms with E-state index >= 15 is 0 Å². The van der Waals surface area contributed by atoms with Crippen LogP contribution in [0.3, 0.4) is 0 Å².